The highest BCUT2D eigenvalue weighted by atomic mass is 16.3. The van der Waals surface area contributed by atoms with Gasteiger partial charge in [-0.15, -0.1) is 0 Å². The monoisotopic (exact) mass is 328 g/mol. The summed E-state index contributed by atoms with van der Waals surface area (Å²) in [4.78, 5) is 10.1. The Bertz CT molecular complexity index is 488. The summed E-state index contributed by atoms with van der Waals surface area (Å²) in [5.41, 5.74) is 1.24. The number of unbranched alkanes of at least 4 members (excludes halogenated alkanes) is 7. The van der Waals surface area contributed by atoms with Gasteiger partial charge in [0.05, 0.1) is 0 Å². The number of hydrogen-bond acceptors (Lipinski definition) is 2. The van der Waals surface area contributed by atoms with Gasteiger partial charge in [0.2, 0.25) is 0 Å². The summed E-state index contributed by atoms with van der Waals surface area (Å²) in [6.07, 6.45) is 22.1. The predicted octanol–water partition coefficient (Wildman–Crippen LogP) is 6.15. The first-order valence-electron chi connectivity index (χ1n) is 9.34. The molecule has 0 aromatic heterocycles. The number of carbonyl (C=O) groups excluding carboxylic acids is 1. The maximum atomic E-state index is 10.1. The molecular weight excluding hydrogens is 296 g/mol. The Labute approximate surface area is 147 Å². The summed E-state index contributed by atoms with van der Waals surface area (Å²) in [6, 6.07) is 7.59. The molecule has 0 fully saturated rings. The fourth-order valence-corrected chi connectivity index (χ4v) is 2.68. The van der Waals surface area contributed by atoms with Crippen molar-refractivity contribution in [2.75, 3.05) is 0 Å². The van der Waals surface area contributed by atoms with Gasteiger partial charge in [0, 0.05) is 6.42 Å². The van der Waals surface area contributed by atoms with Gasteiger partial charge in [0.15, 0.2) is 0 Å². The summed E-state index contributed by atoms with van der Waals surface area (Å²) in [5, 5.41) is 9.42. The van der Waals surface area contributed by atoms with Crippen LogP contribution < -0.4 is 0 Å². The molecule has 0 radical (unpaired) electrons. The van der Waals surface area contributed by atoms with Crippen molar-refractivity contribution in [2.24, 2.45) is 0 Å². The highest BCUT2D eigenvalue weighted by Gasteiger charge is 1.95. The van der Waals surface area contributed by atoms with Crippen molar-refractivity contribution in [3.63, 3.8) is 0 Å². The van der Waals surface area contributed by atoms with Crippen LogP contribution in [0.2, 0.25) is 0 Å². The molecule has 0 aliphatic carbocycles. The van der Waals surface area contributed by atoms with E-state index >= 15 is 0 Å². The first-order chi connectivity index (χ1) is 11.8. The molecule has 0 aliphatic rings. The minimum Gasteiger partial charge on any atom is -0.508 e. The fraction of sp³-hybridized carbons (Fsp3) is 0.500. The van der Waals surface area contributed by atoms with Crippen LogP contribution in [-0.4, -0.2) is 11.4 Å². The van der Waals surface area contributed by atoms with E-state index < -0.39 is 0 Å². The van der Waals surface area contributed by atoms with E-state index in [1.807, 2.05) is 12.1 Å². The van der Waals surface area contributed by atoms with Crippen molar-refractivity contribution in [3.8, 4) is 5.75 Å². The molecule has 0 spiro atoms. The average Bonchev–Trinajstić information content (AvgIpc) is 2.58. The number of aryl methyl sites for hydroxylation is 1. The Morgan fingerprint density at radius 1 is 0.792 bits per heavy atom. The van der Waals surface area contributed by atoms with Gasteiger partial charge in [-0.1, -0.05) is 62.1 Å². The Kier molecular flexibility index (Phi) is 12.4. The Morgan fingerprint density at radius 2 is 1.50 bits per heavy atom. The van der Waals surface area contributed by atoms with Gasteiger partial charge in [-0.3, -0.25) is 0 Å². The number of carbonyl (C=O) groups is 1. The molecule has 1 aromatic carbocycles. The summed E-state index contributed by atoms with van der Waals surface area (Å²) >= 11 is 0. The molecule has 0 aliphatic heterocycles. The molecule has 0 bridgehead atoms. The zero-order valence-corrected chi connectivity index (χ0v) is 14.8. The molecule has 0 amide bonds. The molecule has 1 aromatic rings. The topological polar surface area (TPSA) is 37.3 Å². The Balaban J connectivity index is 1.86. The van der Waals surface area contributed by atoms with Crippen LogP contribution in [0, 0.1) is 0 Å². The molecular formula is C22H32O2. The maximum Gasteiger partial charge on any atom is 0.120 e. The molecule has 0 saturated carbocycles. The van der Waals surface area contributed by atoms with Gasteiger partial charge in [0.1, 0.15) is 12.0 Å². The third-order valence-electron chi connectivity index (χ3n) is 4.05. The summed E-state index contributed by atoms with van der Waals surface area (Å²) in [5.74, 6) is 0.372. The normalized spacial score (nSPS) is 11.5. The smallest absolute Gasteiger partial charge is 0.120 e. The molecule has 1 rings (SSSR count). The van der Waals surface area contributed by atoms with Crippen LogP contribution in [0.1, 0.15) is 69.8 Å². The Hall–Kier alpha value is -1.83. The first kappa shape index (κ1) is 20.2. The molecule has 24 heavy (non-hydrogen) atoms. The number of phenols is 1. The van der Waals surface area contributed by atoms with E-state index in [0.29, 0.717) is 12.2 Å². The fourth-order valence-electron chi connectivity index (χ4n) is 2.68. The van der Waals surface area contributed by atoms with Gasteiger partial charge in [0.25, 0.3) is 0 Å². The highest BCUT2D eigenvalue weighted by Crippen LogP contribution is 2.15. The second-order valence-electron chi connectivity index (χ2n) is 6.25. The second-order valence-corrected chi connectivity index (χ2v) is 6.25. The van der Waals surface area contributed by atoms with Crippen LogP contribution in [0.15, 0.2) is 48.6 Å². The van der Waals surface area contributed by atoms with Crippen LogP contribution in [0.5, 0.6) is 5.75 Å². The lowest BCUT2D eigenvalue weighted by atomic mass is 10.0. The number of aldehydes is 1. The van der Waals surface area contributed by atoms with E-state index in [2.05, 4.69) is 30.4 Å². The Morgan fingerprint density at radius 3 is 2.25 bits per heavy atom. The molecule has 1 N–H and O–H groups in total. The predicted molar refractivity (Wildman–Crippen MR) is 102 cm³/mol. The lowest BCUT2D eigenvalue weighted by molar-refractivity contribution is -0.107. The van der Waals surface area contributed by atoms with Crippen molar-refractivity contribution in [1.29, 1.82) is 0 Å². The van der Waals surface area contributed by atoms with Gasteiger partial charge in [-0.05, 0) is 56.2 Å². The highest BCUT2D eigenvalue weighted by molar-refractivity contribution is 5.49. The largest absolute Gasteiger partial charge is 0.508 e. The molecule has 132 valence electrons. The standard InChI is InChI=1S/C22H32O2/c23-19-14-12-10-8-6-4-2-1-3-5-7-9-11-13-16-21-17-15-18-22(24)20-21/h2,4,8,10,15,17-20,24H,1,3,5-7,9,11-14,16H2/b4-2-,10-8-. The third kappa shape index (κ3) is 11.7. The first-order valence-corrected chi connectivity index (χ1v) is 9.34. The third-order valence-corrected chi connectivity index (χ3v) is 4.05. The van der Waals surface area contributed by atoms with Gasteiger partial charge in [-0.25, -0.2) is 0 Å². The summed E-state index contributed by atoms with van der Waals surface area (Å²) < 4.78 is 0. The molecule has 0 unspecified atom stereocenters. The number of allylic oxidation sites excluding steroid dienone is 4. The lowest BCUT2D eigenvalue weighted by Gasteiger charge is -2.03. The summed E-state index contributed by atoms with van der Waals surface area (Å²) in [7, 11) is 0. The number of benzene rings is 1. The zero-order valence-electron chi connectivity index (χ0n) is 14.8. The number of aromatic hydroxyl groups is 1. The molecule has 0 saturated heterocycles. The van der Waals surface area contributed by atoms with Crippen LogP contribution in [-0.2, 0) is 11.2 Å². The van der Waals surface area contributed by atoms with Crippen molar-refractivity contribution in [2.45, 2.75) is 70.6 Å². The molecule has 0 heterocycles. The number of hydrogen-bond donors (Lipinski definition) is 1. The molecule has 2 nitrogen and oxygen atoms in total. The van der Waals surface area contributed by atoms with Crippen LogP contribution in [0.25, 0.3) is 0 Å². The van der Waals surface area contributed by atoms with E-state index in [4.69, 9.17) is 0 Å². The van der Waals surface area contributed by atoms with E-state index in [0.717, 1.165) is 25.5 Å². The molecule has 0 atom stereocenters. The van der Waals surface area contributed by atoms with E-state index in [9.17, 15) is 9.90 Å². The minimum absolute atomic E-state index is 0.372. The van der Waals surface area contributed by atoms with E-state index in [1.54, 1.807) is 6.07 Å². The number of rotatable bonds is 14. The van der Waals surface area contributed by atoms with Gasteiger partial charge >= 0.3 is 0 Å². The SMILES string of the molecule is O=CCC/C=C\C/C=C\CCCCCCCCc1cccc(O)c1. The summed E-state index contributed by atoms with van der Waals surface area (Å²) in [6.45, 7) is 0. The maximum absolute atomic E-state index is 10.1. The van der Waals surface area contributed by atoms with Crippen molar-refractivity contribution in [1.82, 2.24) is 0 Å². The van der Waals surface area contributed by atoms with Crippen molar-refractivity contribution < 1.29 is 9.90 Å². The van der Waals surface area contributed by atoms with Gasteiger partial charge in [-0.2, -0.15) is 0 Å². The molecule has 2 heteroatoms. The van der Waals surface area contributed by atoms with Crippen LogP contribution in [0.3, 0.4) is 0 Å². The average molecular weight is 328 g/mol. The van der Waals surface area contributed by atoms with Crippen LogP contribution in [0.4, 0.5) is 0 Å². The minimum atomic E-state index is 0.372. The van der Waals surface area contributed by atoms with E-state index in [-0.39, 0.29) is 0 Å². The van der Waals surface area contributed by atoms with Crippen molar-refractivity contribution >= 4 is 6.29 Å². The van der Waals surface area contributed by atoms with E-state index in [1.165, 1.54) is 50.5 Å². The lowest BCUT2D eigenvalue weighted by Crippen LogP contribution is -1.86. The quantitative estimate of drug-likeness (QED) is 0.253. The second kappa shape index (κ2) is 14.7. The number of phenolic OH excluding ortho intramolecular Hbond substituents is 1. The van der Waals surface area contributed by atoms with Gasteiger partial charge < -0.3 is 9.90 Å². The van der Waals surface area contributed by atoms with Crippen molar-refractivity contribution in [3.05, 3.63) is 54.1 Å². The van der Waals surface area contributed by atoms with Crippen LogP contribution >= 0.6 is 0 Å². The zero-order chi connectivity index (χ0) is 17.3.